The van der Waals surface area contributed by atoms with Crippen molar-refractivity contribution in [2.24, 2.45) is 17.6 Å². The van der Waals surface area contributed by atoms with Crippen LogP contribution in [0.1, 0.15) is 17.5 Å². The van der Waals surface area contributed by atoms with E-state index in [2.05, 4.69) is 0 Å². The summed E-state index contributed by atoms with van der Waals surface area (Å²) in [5.41, 5.74) is 8.68. The van der Waals surface area contributed by atoms with Crippen LogP contribution in [0.3, 0.4) is 0 Å². The first-order valence-electron chi connectivity index (χ1n) is 10.7. The van der Waals surface area contributed by atoms with Gasteiger partial charge < -0.3 is 47.7 Å². The molecule has 1 aromatic rings. The topological polar surface area (TPSA) is 254 Å². The molecule has 1 saturated carbocycles. The molecule has 14 heteroatoms. The number of halogens is 1. The van der Waals surface area contributed by atoms with Crippen LogP contribution in [0.15, 0.2) is 23.0 Å². The molecule has 0 unspecified atom stereocenters. The summed E-state index contributed by atoms with van der Waals surface area (Å²) in [6.07, 6.45) is 0.236. The molecule has 0 spiro atoms. The summed E-state index contributed by atoms with van der Waals surface area (Å²) >= 11 is 0. The monoisotopic (exact) mass is 544 g/mol. The van der Waals surface area contributed by atoms with Crippen molar-refractivity contribution in [1.29, 1.82) is 0 Å². The minimum Gasteiger partial charge on any atom is -0.508 e. The SMILES string of the molecule is CN(C)c1cc(N)c(O)c2c1C[C@H]1C[C@H]3[C@H](N(C)C)C(=O)C(C(N)=O)=C(O)[C@@]3(O)C(=O)C1=C2O.Cl.O.O. The van der Waals surface area contributed by atoms with Gasteiger partial charge in [-0.25, -0.2) is 0 Å². The lowest BCUT2D eigenvalue weighted by Gasteiger charge is -2.50. The Balaban J connectivity index is 0.00000228. The predicted octanol–water partition coefficient (Wildman–Crippen LogP) is -1.62. The highest BCUT2D eigenvalue weighted by Crippen LogP contribution is 2.54. The molecule has 4 atom stereocenters. The quantitative estimate of drug-likeness (QED) is 0.144. The summed E-state index contributed by atoms with van der Waals surface area (Å²) in [7, 11) is 6.64. The molecule has 0 saturated heterocycles. The Labute approximate surface area is 218 Å². The van der Waals surface area contributed by atoms with Crippen LogP contribution in [0.25, 0.3) is 5.76 Å². The summed E-state index contributed by atoms with van der Waals surface area (Å²) in [4.78, 5) is 42.0. The number of fused-ring (bicyclic) bond motifs is 3. The van der Waals surface area contributed by atoms with Gasteiger partial charge in [-0.05, 0) is 44.5 Å². The highest BCUT2D eigenvalue weighted by Gasteiger charge is 2.64. The first kappa shape index (κ1) is 31.7. The molecule has 1 amide bonds. The Kier molecular flexibility index (Phi) is 8.72. The lowest BCUT2D eigenvalue weighted by molar-refractivity contribution is -0.153. The first-order chi connectivity index (χ1) is 15.7. The van der Waals surface area contributed by atoms with E-state index in [1.165, 1.54) is 4.90 Å². The maximum atomic E-state index is 13.7. The number of nitrogens with two attached hydrogens (primary N) is 2. The highest BCUT2D eigenvalue weighted by atomic mass is 35.5. The minimum absolute atomic E-state index is 0. The van der Waals surface area contributed by atoms with Gasteiger partial charge in [0.1, 0.15) is 22.8 Å². The number of likely N-dealkylation sites (N-methyl/N-ethyl adjacent to an activating group) is 1. The van der Waals surface area contributed by atoms with Gasteiger partial charge in [0, 0.05) is 31.3 Å². The maximum Gasteiger partial charge on any atom is 0.255 e. The summed E-state index contributed by atoms with van der Waals surface area (Å²) in [6.45, 7) is 0. The number of aliphatic hydroxyl groups excluding tert-OH is 2. The number of nitrogens with zero attached hydrogens (tertiary/aromatic N) is 2. The standard InChI is InChI=1S/C23H28N4O7.ClH.2H2O/c1-26(2)12-7-11(24)17(28)14-9(12)5-8-6-10-16(27(3)4)19(30)15(22(25)33)21(32)23(10,34)20(31)13(8)18(14)29;;;/h7-8,10,16,28-29,32,34H,5-6,24H2,1-4H3,(H2,25,33);1H;2*1H2/t8-,10-,16-,23-;;;/m0.../s1. The number of nitrogen functional groups attached to an aromatic ring is 1. The Hall–Kier alpha value is -3.36. The number of hydrogen-bond donors (Lipinski definition) is 6. The fraction of sp³-hybridized carbons (Fsp3) is 0.435. The van der Waals surface area contributed by atoms with Gasteiger partial charge in [0.05, 0.1) is 17.3 Å². The molecule has 0 heterocycles. The Morgan fingerprint density at radius 3 is 2.16 bits per heavy atom. The number of benzene rings is 1. The van der Waals surface area contributed by atoms with Crippen molar-refractivity contribution in [2.75, 3.05) is 38.8 Å². The number of amides is 1. The average Bonchev–Trinajstić information content (AvgIpc) is 2.72. The third kappa shape index (κ3) is 4.08. The average molecular weight is 545 g/mol. The van der Waals surface area contributed by atoms with E-state index in [1.807, 2.05) is 0 Å². The van der Waals surface area contributed by atoms with Crippen LogP contribution < -0.4 is 16.4 Å². The summed E-state index contributed by atoms with van der Waals surface area (Å²) < 4.78 is 0. The molecule has 13 nitrogen and oxygen atoms in total. The molecule has 1 fully saturated rings. The van der Waals surface area contributed by atoms with Crippen molar-refractivity contribution < 1.29 is 45.8 Å². The maximum absolute atomic E-state index is 13.7. The zero-order valence-corrected chi connectivity index (χ0v) is 21.5. The molecule has 0 bridgehead atoms. The number of anilines is 2. The fourth-order valence-electron chi connectivity index (χ4n) is 5.71. The normalized spacial score (nSPS) is 26.3. The fourth-order valence-corrected chi connectivity index (χ4v) is 5.71. The zero-order valence-electron chi connectivity index (χ0n) is 20.7. The zero-order chi connectivity index (χ0) is 25.4. The number of carbonyl (C=O) groups is 3. The number of rotatable bonds is 3. The number of aromatic hydroxyl groups is 1. The van der Waals surface area contributed by atoms with Crippen molar-refractivity contribution in [1.82, 2.24) is 4.90 Å². The van der Waals surface area contributed by atoms with Crippen LogP contribution in [0.4, 0.5) is 11.4 Å². The number of Topliss-reactive ketones (excluding diaryl/α,β-unsaturated/α-hetero) is 2. The molecule has 37 heavy (non-hydrogen) atoms. The smallest absolute Gasteiger partial charge is 0.255 e. The molecule has 206 valence electrons. The molecule has 1 aromatic carbocycles. The second kappa shape index (κ2) is 10.2. The number of ketones is 2. The molecule has 3 aliphatic rings. The van der Waals surface area contributed by atoms with Crippen molar-refractivity contribution in [3.05, 3.63) is 34.1 Å². The summed E-state index contributed by atoms with van der Waals surface area (Å²) in [5.74, 6) is -6.95. The van der Waals surface area contributed by atoms with Crippen molar-refractivity contribution in [3.63, 3.8) is 0 Å². The van der Waals surface area contributed by atoms with E-state index in [4.69, 9.17) is 11.5 Å². The number of aliphatic hydroxyl groups is 3. The summed E-state index contributed by atoms with van der Waals surface area (Å²) in [5, 5.41) is 44.2. The molecular formula is C23H33ClN4O9. The first-order valence-corrected chi connectivity index (χ1v) is 10.7. The molecule has 3 aliphatic carbocycles. The van der Waals surface area contributed by atoms with Gasteiger partial charge in [0.25, 0.3) is 5.91 Å². The van der Waals surface area contributed by atoms with Crippen LogP contribution in [-0.2, 0) is 20.8 Å². The lowest BCUT2D eigenvalue weighted by atomic mass is 9.57. The summed E-state index contributed by atoms with van der Waals surface area (Å²) in [6, 6.07) is 0.444. The third-order valence-corrected chi connectivity index (χ3v) is 7.21. The highest BCUT2D eigenvalue weighted by molar-refractivity contribution is 6.24. The van der Waals surface area contributed by atoms with Crippen LogP contribution in [-0.4, -0.2) is 93.6 Å². The Morgan fingerprint density at radius 1 is 1.11 bits per heavy atom. The molecular weight excluding hydrogens is 512 g/mol. The van der Waals surface area contributed by atoms with E-state index in [-0.39, 0.29) is 53.0 Å². The Bertz CT molecular complexity index is 1230. The van der Waals surface area contributed by atoms with E-state index in [0.29, 0.717) is 11.3 Å². The number of carbonyl (C=O) groups excluding carboxylic acids is 3. The van der Waals surface area contributed by atoms with Crippen LogP contribution in [0.5, 0.6) is 5.75 Å². The van der Waals surface area contributed by atoms with Gasteiger partial charge in [0.2, 0.25) is 5.78 Å². The van der Waals surface area contributed by atoms with Crippen molar-refractivity contribution >= 4 is 47.0 Å². The second-order valence-electron chi connectivity index (χ2n) is 9.54. The van der Waals surface area contributed by atoms with E-state index in [9.17, 15) is 34.8 Å². The number of phenols is 1. The van der Waals surface area contributed by atoms with Crippen molar-refractivity contribution in [3.8, 4) is 5.75 Å². The predicted molar refractivity (Wildman–Crippen MR) is 137 cm³/mol. The lowest BCUT2D eigenvalue weighted by Crippen LogP contribution is -2.65. The third-order valence-electron chi connectivity index (χ3n) is 7.21. The molecule has 0 radical (unpaired) electrons. The Morgan fingerprint density at radius 2 is 1.68 bits per heavy atom. The molecule has 0 aliphatic heterocycles. The molecule has 0 aromatic heterocycles. The van der Waals surface area contributed by atoms with Gasteiger partial charge in [-0.3, -0.25) is 19.3 Å². The van der Waals surface area contributed by atoms with Crippen LogP contribution in [0.2, 0.25) is 0 Å². The minimum atomic E-state index is -2.66. The molecule has 12 N–H and O–H groups in total. The van der Waals surface area contributed by atoms with Gasteiger partial charge in [0.15, 0.2) is 11.4 Å². The second-order valence-corrected chi connectivity index (χ2v) is 9.54. The number of hydrogen-bond acceptors (Lipinski definition) is 10. The molecule has 4 rings (SSSR count). The van der Waals surface area contributed by atoms with Crippen molar-refractivity contribution in [2.45, 2.75) is 24.5 Å². The van der Waals surface area contributed by atoms with Gasteiger partial charge in [-0.1, -0.05) is 0 Å². The van der Waals surface area contributed by atoms with Gasteiger partial charge in [-0.15, -0.1) is 12.4 Å². The van der Waals surface area contributed by atoms with E-state index < -0.39 is 63.8 Å². The number of phenolic OH excluding ortho intramolecular Hbond substituents is 1. The number of primary amides is 1. The van der Waals surface area contributed by atoms with E-state index >= 15 is 0 Å². The van der Waals surface area contributed by atoms with E-state index in [0.717, 1.165) is 0 Å². The van der Waals surface area contributed by atoms with Crippen LogP contribution >= 0.6 is 12.4 Å². The van der Waals surface area contributed by atoms with Crippen LogP contribution in [0, 0.1) is 11.8 Å². The van der Waals surface area contributed by atoms with Gasteiger partial charge in [-0.2, -0.15) is 0 Å². The van der Waals surface area contributed by atoms with E-state index in [1.54, 1.807) is 39.2 Å². The largest absolute Gasteiger partial charge is 0.508 e. The van der Waals surface area contributed by atoms with Gasteiger partial charge >= 0.3 is 0 Å².